The van der Waals surface area contributed by atoms with Crippen molar-refractivity contribution in [3.8, 4) is 11.5 Å². The molecule has 0 fully saturated rings. The van der Waals surface area contributed by atoms with Gasteiger partial charge in [-0.3, -0.25) is 10.1 Å². The average Bonchev–Trinajstić information content (AvgIpc) is 3.13. The first kappa shape index (κ1) is 35.1. The van der Waals surface area contributed by atoms with E-state index in [4.69, 9.17) is 23.7 Å². The zero-order chi connectivity index (χ0) is 33.4. The minimum atomic E-state index is -3.23. The molecular weight excluding hydrogens is 673 g/mol. The van der Waals surface area contributed by atoms with Crippen LogP contribution >= 0.6 is 0 Å². The Balaban J connectivity index is 1.16. The molecule has 0 atom stereocenters. The summed E-state index contributed by atoms with van der Waals surface area (Å²) in [5.41, 5.74) is -0.0745. The molecule has 0 radical (unpaired) electrons. The summed E-state index contributed by atoms with van der Waals surface area (Å²) in [6.45, 7) is 4.09. The minimum absolute atomic E-state index is 0.0745. The summed E-state index contributed by atoms with van der Waals surface area (Å²) in [6, 6.07) is 36.1. The number of benzene rings is 4. The Bertz CT molecular complexity index is 1480. The second-order valence-corrected chi connectivity index (χ2v) is 19.9. The normalized spacial score (nSPS) is 15.1. The Morgan fingerprint density at radius 1 is 0.708 bits per heavy atom. The predicted molar refractivity (Wildman–Crippen MR) is 187 cm³/mol. The van der Waals surface area contributed by atoms with Crippen molar-refractivity contribution >= 4 is 38.1 Å². The number of non-ortho nitro benzene ring substituents is 1. The Hall–Kier alpha value is -4.23. The van der Waals surface area contributed by atoms with Gasteiger partial charge in [-0.15, -0.1) is 0 Å². The van der Waals surface area contributed by atoms with Crippen LogP contribution in [0, 0.1) is 10.1 Å². The number of nitro benzene ring substituents is 1. The van der Waals surface area contributed by atoms with E-state index < -0.39 is 18.2 Å². The standard InChI is InChI=1S/C37H42GeN2O8/c41-37(18-19-38(31-10-4-1-5-11-31,32-12-6-2-7-13-32)33-14-8-3-9-15-33)48-25-22-39-20-23-44-26-28-46-35-17-16-34(40(42)43)30-36(35)47-29-27-45-24-21-39/h1-17,30H,18-29H2. The molecule has 0 saturated heterocycles. The number of ether oxygens (including phenoxy) is 5. The number of rotatable bonds is 10. The number of esters is 1. The number of fused-ring (bicyclic) bond motifs is 1. The van der Waals surface area contributed by atoms with Gasteiger partial charge in [-0.2, -0.15) is 0 Å². The zero-order valence-electron chi connectivity index (χ0n) is 27.0. The van der Waals surface area contributed by atoms with Gasteiger partial charge in [0.05, 0.1) is 11.0 Å². The van der Waals surface area contributed by atoms with Gasteiger partial charge in [0.2, 0.25) is 0 Å². The van der Waals surface area contributed by atoms with Gasteiger partial charge in [0.25, 0.3) is 5.69 Å². The van der Waals surface area contributed by atoms with Crippen LogP contribution in [0.3, 0.4) is 0 Å². The van der Waals surface area contributed by atoms with Gasteiger partial charge >= 0.3 is 225 Å². The third-order valence-electron chi connectivity index (χ3n) is 8.39. The first-order valence-corrected chi connectivity index (χ1v) is 20.9. The molecular formula is C37H42GeN2O8. The predicted octanol–water partition coefficient (Wildman–Crippen LogP) is 3.80. The topological polar surface area (TPSA) is 110 Å². The number of nitro groups is 1. The molecule has 0 N–H and O–H groups in total. The number of hydrogen-bond acceptors (Lipinski definition) is 9. The Labute approximate surface area is 284 Å². The third kappa shape index (κ3) is 9.66. The molecule has 48 heavy (non-hydrogen) atoms. The van der Waals surface area contributed by atoms with E-state index in [0.29, 0.717) is 64.0 Å². The molecule has 1 heterocycles. The van der Waals surface area contributed by atoms with E-state index in [1.807, 2.05) is 18.2 Å². The number of carbonyl (C=O) groups is 1. The Morgan fingerprint density at radius 2 is 1.23 bits per heavy atom. The van der Waals surface area contributed by atoms with Crippen molar-refractivity contribution in [1.29, 1.82) is 0 Å². The summed E-state index contributed by atoms with van der Waals surface area (Å²) in [7, 11) is 0. The fourth-order valence-electron chi connectivity index (χ4n) is 5.94. The number of hydrogen-bond donors (Lipinski definition) is 0. The molecule has 0 aliphatic carbocycles. The van der Waals surface area contributed by atoms with Crippen molar-refractivity contribution in [3.05, 3.63) is 119 Å². The van der Waals surface area contributed by atoms with Crippen LogP contribution in [0.4, 0.5) is 5.69 Å². The first-order valence-electron chi connectivity index (χ1n) is 16.3. The summed E-state index contributed by atoms with van der Waals surface area (Å²) >= 11 is -3.23. The van der Waals surface area contributed by atoms with E-state index in [2.05, 4.69) is 77.7 Å². The third-order valence-corrected chi connectivity index (χ3v) is 18.8. The molecule has 0 saturated carbocycles. The van der Waals surface area contributed by atoms with Crippen molar-refractivity contribution < 1.29 is 33.4 Å². The maximum atomic E-state index is 13.3. The maximum absolute atomic E-state index is 13.3. The molecule has 0 unspecified atom stereocenters. The second-order valence-electron chi connectivity index (χ2n) is 11.4. The van der Waals surface area contributed by atoms with Crippen LogP contribution in [0.15, 0.2) is 109 Å². The van der Waals surface area contributed by atoms with Crippen LogP contribution in [-0.4, -0.2) is 94.9 Å². The quantitative estimate of drug-likeness (QED) is 0.105. The Morgan fingerprint density at radius 3 is 1.75 bits per heavy atom. The van der Waals surface area contributed by atoms with Crippen molar-refractivity contribution in [2.75, 3.05) is 65.9 Å². The molecule has 11 heteroatoms. The molecule has 1 aliphatic rings. The van der Waals surface area contributed by atoms with Gasteiger partial charge in [-0.25, -0.2) is 0 Å². The van der Waals surface area contributed by atoms with Crippen molar-refractivity contribution in [2.45, 2.75) is 11.7 Å². The van der Waals surface area contributed by atoms with Gasteiger partial charge in [-0.05, 0) is 6.07 Å². The Kier molecular flexibility index (Phi) is 13.4. The van der Waals surface area contributed by atoms with Crippen molar-refractivity contribution in [3.63, 3.8) is 0 Å². The number of nitrogens with zero attached hydrogens (tertiary/aromatic N) is 2. The molecule has 0 amide bonds. The molecule has 0 spiro atoms. The van der Waals surface area contributed by atoms with Crippen LogP contribution in [0.25, 0.3) is 0 Å². The van der Waals surface area contributed by atoms with Gasteiger partial charge in [0, 0.05) is 6.07 Å². The monoisotopic (exact) mass is 716 g/mol. The fraction of sp³-hybridized carbons (Fsp3) is 0.324. The van der Waals surface area contributed by atoms with Crippen LogP contribution in [-0.2, 0) is 19.0 Å². The van der Waals surface area contributed by atoms with E-state index in [0.717, 1.165) is 5.25 Å². The second kappa shape index (κ2) is 18.4. The summed E-state index contributed by atoms with van der Waals surface area (Å²) in [4.78, 5) is 26.1. The van der Waals surface area contributed by atoms with Crippen LogP contribution in [0.1, 0.15) is 6.42 Å². The average molecular weight is 715 g/mol. The van der Waals surface area contributed by atoms with E-state index in [1.165, 1.54) is 31.4 Å². The molecule has 0 bridgehead atoms. The summed E-state index contributed by atoms with van der Waals surface area (Å²) in [6.07, 6.45) is 0.330. The van der Waals surface area contributed by atoms with Gasteiger partial charge in [0.1, 0.15) is 0 Å². The van der Waals surface area contributed by atoms with E-state index in [-0.39, 0.29) is 31.5 Å². The molecule has 0 aromatic heterocycles. The van der Waals surface area contributed by atoms with Crippen LogP contribution in [0.2, 0.25) is 5.25 Å². The van der Waals surface area contributed by atoms with Crippen LogP contribution in [0.5, 0.6) is 11.5 Å². The summed E-state index contributed by atoms with van der Waals surface area (Å²) < 4.78 is 32.8. The molecule has 10 nitrogen and oxygen atoms in total. The summed E-state index contributed by atoms with van der Waals surface area (Å²) in [5, 5.41) is 11.9. The van der Waals surface area contributed by atoms with Crippen molar-refractivity contribution in [2.24, 2.45) is 0 Å². The van der Waals surface area contributed by atoms with Gasteiger partial charge in [0.15, 0.2) is 11.5 Å². The molecule has 1 aliphatic heterocycles. The first-order chi connectivity index (χ1) is 23.6. The van der Waals surface area contributed by atoms with E-state index >= 15 is 0 Å². The molecule has 4 aromatic carbocycles. The molecule has 5 rings (SSSR count). The summed E-state index contributed by atoms with van der Waals surface area (Å²) in [5.74, 6) is 0.510. The van der Waals surface area contributed by atoms with Gasteiger partial charge < -0.3 is 9.47 Å². The van der Waals surface area contributed by atoms with E-state index in [1.54, 1.807) is 0 Å². The molecule has 252 valence electrons. The van der Waals surface area contributed by atoms with Crippen molar-refractivity contribution in [1.82, 2.24) is 4.90 Å². The van der Waals surface area contributed by atoms with Crippen LogP contribution < -0.4 is 22.7 Å². The zero-order valence-corrected chi connectivity index (χ0v) is 29.1. The fourth-order valence-corrected chi connectivity index (χ4v) is 15.9. The van der Waals surface area contributed by atoms with Gasteiger partial charge in [-0.1, -0.05) is 0 Å². The SMILES string of the molecule is O=C(C[CH2][Ge]([c]1ccccc1)([c]1ccccc1)[c]1ccccc1)OCCN1CCOCCOc2ccc([N+](=O)[O-])cc2OCCOCC1. The van der Waals surface area contributed by atoms with E-state index in [9.17, 15) is 14.9 Å². The number of carbonyl (C=O) groups excluding carboxylic acids is 1. The molecule has 4 aromatic rings.